The number of nitrogens with zero attached hydrogens (tertiary/aromatic N) is 4. The maximum absolute atomic E-state index is 12.7. The van der Waals surface area contributed by atoms with E-state index in [0.717, 1.165) is 0 Å². The number of aliphatic hydroxyl groups is 4. The number of H-pyrrole nitrogens is 1. The highest BCUT2D eigenvalue weighted by Gasteiger charge is 2.44. The highest BCUT2D eigenvalue weighted by molar-refractivity contribution is 5.77. The second-order valence-electron chi connectivity index (χ2n) is 8.18. The van der Waals surface area contributed by atoms with Crippen molar-refractivity contribution in [2.45, 2.75) is 30.7 Å². The minimum absolute atomic E-state index is 0.274. The third-order valence-corrected chi connectivity index (χ3v) is 5.89. The largest absolute Gasteiger partial charge is 0.462 e. The maximum atomic E-state index is 12.7. The highest BCUT2D eigenvalue weighted by Crippen LogP contribution is 2.26. The summed E-state index contributed by atoms with van der Waals surface area (Å²) in [5.74, 6) is 0.558. The van der Waals surface area contributed by atoms with Crippen LogP contribution in [0.4, 0.5) is 5.69 Å². The third kappa shape index (κ3) is 4.22. The van der Waals surface area contributed by atoms with Gasteiger partial charge in [-0.2, -0.15) is 5.10 Å². The molecule has 1 saturated heterocycles. The first-order valence-corrected chi connectivity index (χ1v) is 10.9. The highest BCUT2D eigenvalue weighted by atomic mass is 16.7. The van der Waals surface area contributed by atoms with Crippen molar-refractivity contribution in [3.8, 4) is 22.8 Å². The first-order valence-electron chi connectivity index (χ1n) is 10.9. The topological polar surface area (TPSA) is 167 Å². The fourth-order valence-electron chi connectivity index (χ4n) is 3.90. The molecule has 5 unspecified atom stereocenters. The number of hydrogen-bond acceptors (Lipinski definition) is 9. The van der Waals surface area contributed by atoms with Crippen molar-refractivity contribution in [3.05, 3.63) is 76.5 Å². The molecule has 36 heavy (non-hydrogen) atoms. The van der Waals surface area contributed by atoms with Gasteiger partial charge in [-0.15, -0.1) is 0 Å². The average Bonchev–Trinajstić information content (AvgIpc) is 3.34. The van der Waals surface area contributed by atoms with Crippen molar-refractivity contribution in [1.82, 2.24) is 19.7 Å². The molecule has 1 aliphatic heterocycles. The first kappa shape index (κ1) is 23.6. The molecule has 0 bridgehead atoms. The predicted octanol–water partition coefficient (Wildman–Crippen LogP) is 0.505. The zero-order valence-corrected chi connectivity index (χ0v) is 18.6. The van der Waals surface area contributed by atoms with Crippen LogP contribution < -0.4 is 10.3 Å². The van der Waals surface area contributed by atoms with Crippen molar-refractivity contribution in [3.63, 3.8) is 0 Å². The maximum Gasteiger partial charge on any atom is 0.262 e. The summed E-state index contributed by atoms with van der Waals surface area (Å²) in [6.07, 6.45) is -5.55. The fourth-order valence-corrected chi connectivity index (χ4v) is 3.90. The normalized spacial score (nSPS) is 23.9. The van der Waals surface area contributed by atoms with E-state index in [1.165, 1.54) is 10.9 Å². The molecule has 2 aromatic heterocycles. The van der Waals surface area contributed by atoms with Crippen LogP contribution in [0.2, 0.25) is 0 Å². The molecule has 0 spiro atoms. The predicted molar refractivity (Wildman–Crippen MR) is 126 cm³/mol. The van der Waals surface area contributed by atoms with Gasteiger partial charge in [-0.25, -0.2) is 14.5 Å². The van der Waals surface area contributed by atoms with Crippen LogP contribution in [0.1, 0.15) is 0 Å². The second kappa shape index (κ2) is 9.50. The molecular formula is C24H21N5O7. The molecule has 5 N–H and O–H groups in total. The lowest BCUT2D eigenvalue weighted by atomic mass is 9.99. The Morgan fingerprint density at radius 3 is 2.44 bits per heavy atom. The lowest BCUT2D eigenvalue weighted by Crippen LogP contribution is -2.60. The Morgan fingerprint density at radius 1 is 1.06 bits per heavy atom. The zero-order valence-electron chi connectivity index (χ0n) is 18.6. The lowest BCUT2D eigenvalue weighted by Gasteiger charge is -2.39. The molecule has 2 aromatic carbocycles. The summed E-state index contributed by atoms with van der Waals surface area (Å²) < 4.78 is 12.5. The number of hydrogen-bond donors (Lipinski definition) is 5. The summed E-state index contributed by atoms with van der Waals surface area (Å²) in [5.41, 5.74) is 1.65. The molecule has 0 radical (unpaired) electrons. The summed E-state index contributed by atoms with van der Waals surface area (Å²) >= 11 is 0. The standard InChI is InChI=1S/C24H21N5O7/c1-25-13-4-6-14(7-5-13)29-22-16(10-26-29)23(34)28-21(27-22)12-2-8-15(9-3-12)35-24-20(33)19(32)18(31)17(11-30)36-24/h2-10,17-20,24,30-33H,11H2,(H,27,28,34). The minimum atomic E-state index is -1.55. The molecular weight excluding hydrogens is 470 g/mol. The van der Waals surface area contributed by atoms with Gasteiger partial charge in [0.25, 0.3) is 5.56 Å². The molecule has 4 aromatic rings. The summed E-state index contributed by atoms with van der Waals surface area (Å²) in [4.78, 5) is 23.3. The van der Waals surface area contributed by atoms with Gasteiger partial charge in [-0.05, 0) is 36.4 Å². The van der Waals surface area contributed by atoms with E-state index >= 15 is 0 Å². The number of rotatable bonds is 5. The number of aromatic nitrogens is 4. The lowest BCUT2D eigenvalue weighted by molar-refractivity contribution is -0.277. The van der Waals surface area contributed by atoms with Crippen LogP contribution in [-0.4, -0.2) is 77.5 Å². The van der Waals surface area contributed by atoms with E-state index in [0.29, 0.717) is 28.0 Å². The van der Waals surface area contributed by atoms with Gasteiger partial charge in [0.2, 0.25) is 6.29 Å². The average molecular weight is 491 g/mol. The van der Waals surface area contributed by atoms with Gasteiger partial charge < -0.3 is 34.9 Å². The van der Waals surface area contributed by atoms with Crippen LogP contribution >= 0.6 is 0 Å². The molecule has 0 aliphatic carbocycles. The first-order chi connectivity index (χ1) is 17.4. The number of aromatic amines is 1. The number of aliphatic hydroxyl groups excluding tert-OH is 4. The van der Waals surface area contributed by atoms with Gasteiger partial charge in [-0.3, -0.25) is 4.79 Å². The summed E-state index contributed by atoms with van der Waals surface area (Å²) in [5, 5.41) is 43.9. The monoisotopic (exact) mass is 491 g/mol. The van der Waals surface area contributed by atoms with Crippen LogP contribution in [-0.2, 0) is 4.74 Å². The Morgan fingerprint density at radius 2 is 1.78 bits per heavy atom. The smallest absolute Gasteiger partial charge is 0.262 e. The second-order valence-corrected chi connectivity index (χ2v) is 8.18. The van der Waals surface area contributed by atoms with Gasteiger partial charge >= 0.3 is 0 Å². The van der Waals surface area contributed by atoms with E-state index in [2.05, 4.69) is 19.9 Å². The van der Waals surface area contributed by atoms with E-state index in [1.54, 1.807) is 48.5 Å². The van der Waals surface area contributed by atoms with Crippen molar-refractivity contribution in [2.75, 3.05) is 6.61 Å². The van der Waals surface area contributed by atoms with Gasteiger partial charge in [0.15, 0.2) is 11.3 Å². The summed E-state index contributed by atoms with van der Waals surface area (Å²) in [7, 11) is 0. The third-order valence-electron chi connectivity index (χ3n) is 5.89. The van der Waals surface area contributed by atoms with Crippen LogP contribution in [0.3, 0.4) is 0 Å². The van der Waals surface area contributed by atoms with Gasteiger partial charge in [-0.1, -0.05) is 12.1 Å². The Bertz CT molecular complexity index is 1470. The fraction of sp³-hybridized carbons (Fsp3) is 0.250. The molecule has 0 saturated carbocycles. The Balaban J connectivity index is 1.41. The minimum Gasteiger partial charge on any atom is -0.462 e. The van der Waals surface area contributed by atoms with Gasteiger partial charge in [0.05, 0.1) is 25.1 Å². The molecule has 184 valence electrons. The van der Waals surface area contributed by atoms with Crippen molar-refractivity contribution < 1.29 is 29.9 Å². The Hall–Kier alpha value is -4.12. The van der Waals surface area contributed by atoms with Crippen molar-refractivity contribution in [1.29, 1.82) is 0 Å². The van der Waals surface area contributed by atoms with E-state index in [-0.39, 0.29) is 17.1 Å². The van der Waals surface area contributed by atoms with E-state index in [9.17, 15) is 25.2 Å². The molecule has 12 heteroatoms. The zero-order chi connectivity index (χ0) is 25.4. The van der Waals surface area contributed by atoms with Gasteiger partial charge in [0, 0.05) is 5.56 Å². The number of fused-ring (bicyclic) bond motifs is 1. The molecule has 3 heterocycles. The van der Waals surface area contributed by atoms with Crippen molar-refractivity contribution in [2.24, 2.45) is 0 Å². The van der Waals surface area contributed by atoms with Crippen LogP contribution in [0.25, 0.3) is 33.0 Å². The molecule has 1 aliphatic rings. The molecule has 1 fully saturated rings. The van der Waals surface area contributed by atoms with Gasteiger partial charge in [0.1, 0.15) is 41.4 Å². The summed E-state index contributed by atoms with van der Waals surface area (Å²) in [6.45, 7) is 6.52. The molecule has 12 nitrogen and oxygen atoms in total. The number of benzene rings is 2. The quantitative estimate of drug-likeness (QED) is 0.250. The van der Waals surface area contributed by atoms with Crippen LogP contribution in [0, 0.1) is 6.57 Å². The van der Waals surface area contributed by atoms with E-state index < -0.39 is 37.3 Å². The van der Waals surface area contributed by atoms with Crippen LogP contribution in [0.15, 0.2) is 59.5 Å². The number of ether oxygens (including phenoxy) is 2. The number of nitrogens with one attached hydrogen (secondary N) is 1. The molecule has 0 amide bonds. The summed E-state index contributed by atoms with van der Waals surface area (Å²) in [6, 6.07) is 13.1. The Labute approximate surface area is 203 Å². The molecule has 5 rings (SSSR count). The van der Waals surface area contributed by atoms with Crippen molar-refractivity contribution >= 4 is 16.7 Å². The van der Waals surface area contributed by atoms with Crippen LogP contribution in [0.5, 0.6) is 5.75 Å². The Kier molecular flexibility index (Phi) is 6.23. The SMILES string of the molecule is [C-]#[N+]c1ccc(-n2ncc3c(=O)[nH]c(-c4ccc(OC5OC(CO)C(O)C(O)C5O)cc4)nc32)cc1. The van der Waals surface area contributed by atoms with E-state index in [4.69, 9.17) is 16.0 Å². The molecule has 5 atom stereocenters. The van der Waals surface area contributed by atoms with E-state index in [1.807, 2.05) is 0 Å².